The molecule has 3 aromatic rings. The van der Waals surface area contributed by atoms with Crippen molar-refractivity contribution in [2.24, 2.45) is 0 Å². The summed E-state index contributed by atoms with van der Waals surface area (Å²) in [4.78, 5) is 33.3. The van der Waals surface area contributed by atoms with E-state index < -0.39 is 11.8 Å². The highest BCUT2D eigenvalue weighted by molar-refractivity contribution is 6.39. The highest BCUT2D eigenvalue weighted by Crippen LogP contribution is 2.25. The number of nitrogens with one attached hydrogen (secondary N) is 2. The largest absolute Gasteiger partial charge is 0.367 e. The summed E-state index contributed by atoms with van der Waals surface area (Å²) < 4.78 is 14.2. The van der Waals surface area contributed by atoms with Gasteiger partial charge in [-0.25, -0.2) is 4.39 Å². The molecule has 0 saturated carbocycles. The third kappa shape index (κ3) is 5.89. The first-order valence-corrected chi connectivity index (χ1v) is 11.4. The molecule has 0 spiro atoms. The Bertz CT molecular complexity index is 1140. The predicted molar refractivity (Wildman–Crippen MR) is 130 cm³/mol. The minimum atomic E-state index is -0.767. The molecule has 4 rings (SSSR count). The quantitative estimate of drug-likeness (QED) is 0.527. The van der Waals surface area contributed by atoms with Crippen molar-refractivity contribution in [2.45, 2.75) is 6.04 Å². The van der Waals surface area contributed by atoms with Crippen LogP contribution in [0.3, 0.4) is 0 Å². The van der Waals surface area contributed by atoms with Crippen molar-refractivity contribution in [3.05, 3.63) is 89.5 Å². The molecule has 0 aliphatic carbocycles. The number of carbonyl (C=O) groups excluding carboxylic acids is 2. The Balaban J connectivity index is 1.39. The summed E-state index contributed by atoms with van der Waals surface area (Å²) in [6.07, 6.45) is 3.44. The SMILES string of the molecule is O=C(NC[C@@H](c1cccnc1)N1CCN(c2ccccc2F)CC1)C(=O)Nc1cccc(Cl)c1. The van der Waals surface area contributed by atoms with Gasteiger partial charge in [0.1, 0.15) is 5.82 Å². The van der Waals surface area contributed by atoms with Gasteiger partial charge < -0.3 is 15.5 Å². The number of carbonyl (C=O) groups is 2. The normalized spacial score (nSPS) is 14.9. The molecule has 2 heterocycles. The Morgan fingerprint density at radius 3 is 2.50 bits per heavy atom. The molecule has 2 N–H and O–H groups in total. The minimum absolute atomic E-state index is 0.181. The van der Waals surface area contributed by atoms with Crippen LogP contribution < -0.4 is 15.5 Å². The van der Waals surface area contributed by atoms with Gasteiger partial charge in [-0.05, 0) is 42.0 Å². The van der Waals surface area contributed by atoms with Gasteiger partial charge in [-0.2, -0.15) is 0 Å². The van der Waals surface area contributed by atoms with E-state index in [-0.39, 0.29) is 18.4 Å². The van der Waals surface area contributed by atoms with Crippen LogP contribution in [-0.4, -0.2) is 54.4 Å². The summed E-state index contributed by atoms with van der Waals surface area (Å²) in [5.41, 5.74) is 1.96. The van der Waals surface area contributed by atoms with Gasteiger partial charge in [0.2, 0.25) is 0 Å². The third-order valence-corrected chi connectivity index (χ3v) is 6.00. The van der Waals surface area contributed by atoms with E-state index in [1.807, 2.05) is 23.1 Å². The fourth-order valence-electron chi connectivity index (χ4n) is 4.04. The molecule has 1 fully saturated rings. The molecule has 1 atom stereocenters. The fraction of sp³-hybridized carbons (Fsp3) is 0.240. The number of para-hydroxylation sites is 1. The smallest absolute Gasteiger partial charge is 0.313 e. The molecule has 2 aromatic carbocycles. The molecule has 1 aliphatic heterocycles. The van der Waals surface area contributed by atoms with Crippen LogP contribution in [0.25, 0.3) is 0 Å². The van der Waals surface area contributed by atoms with Crippen LogP contribution >= 0.6 is 11.6 Å². The summed E-state index contributed by atoms with van der Waals surface area (Å²) in [6, 6.07) is 16.9. The molecular weight excluding hydrogens is 457 g/mol. The van der Waals surface area contributed by atoms with Crippen LogP contribution in [-0.2, 0) is 9.59 Å². The number of halogens is 2. The fourth-order valence-corrected chi connectivity index (χ4v) is 4.23. The van der Waals surface area contributed by atoms with Crippen molar-refractivity contribution < 1.29 is 14.0 Å². The lowest BCUT2D eigenvalue weighted by atomic mass is 10.1. The van der Waals surface area contributed by atoms with Crippen molar-refractivity contribution >= 4 is 34.8 Å². The number of pyridine rings is 1. The molecule has 0 radical (unpaired) electrons. The molecule has 1 aromatic heterocycles. The van der Waals surface area contributed by atoms with Gasteiger partial charge in [0.05, 0.1) is 11.7 Å². The Kier molecular flexibility index (Phi) is 7.72. The van der Waals surface area contributed by atoms with Crippen LogP contribution in [0.1, 0.15) is 11.6 Å². The average molecular weight is 482 g/mol. The zero-order valence-electron chi connectivity index (χ0n) is 18.5. The van der Waals surface area contributed by atoms with Crippen LogP contribution in [0.5, 0.6) is 0 Å². The highest BCUT2D eigenvalue weighted by atomic mass is 35.5. The number of hydrogen-bond donors (Lipinski definition) is 2. The first-order chi connectivity index (χ1) is 16.5. The first kappa shape index (κ1) is 23.7. The second kappa shape index (κ2) is 11.1. The molecule has 1 saturated heterocycles. The zero-order valence-corrected chi connectivity index (χ0v) is 19.2. The van der Waals surface area contributed by atoms with Crippen molar-refractivity contribution in [1.29, 1.82) is 0 Å². The Hall–Kier alpha value is -3.49. The molecule has 2 amide bonds. The van der Waals surface area contributed by atoms with Crippen molar-refractivity contribution in [2.75, 3.05) is 42.9 Å². The number of anilines is 2. The van der Waals surface area contributed by atoms with E-state index in [4.69, 9.17) is 11.6 Å². The Morgan fingerprint density at radius 1 is 1.00 bits per heavy atom. The average Bonchev–Trinajstić information content (AvgIpc) is 2.85. The number of amides is 2. The van der Waals surface area contributed by atoms with Gasteiger partial charge in [-0.1, -0.05) is 35.9 Å². The summed E-state index contributed by atoms with van der Waals surface area (Å²) in [6.45, 7) is 2.84. The zero-order chi connectivity index (χ0) is 23.9. The van der Waals surface area contributed by atoms with E-state index in [0.717, 1.165) is 5.56 Å². The van der Waals surface area contributed by atoms with Gasteiger partial charge >= 0.3 is 11.8 Å². The van der Waals surface area contributed by atoms with E-state index in [1.165, 1.54) is 6.07 Å². The summed E-state index contributed by atoms with van der Waals surface area (Å²) >= 11 is 5.93. The molecule has 9 heteroatoms. The van der Waals surface area contributed by atoms with E-state index in [2.05, 4.69) is 20.5 Å². The van der Waals surface area contributed by atoms with Crippen LogP contribution in [0.15, 0.2) is 73.1 Å². The van der Waals surface area contributed by atoms with Crippen molar-refractivity contribution in [1.82, 2.24) is 15.2 Å². The maximum absolute atomic E-state index is 14.2. The maximum atomic E-state index is 14.2. The first-order valence-electron chi connectivity index (χ1n) is 11.0. The van der Waals surface area contributed by atoms with E-state index in [9.17, 15) is 14.0 Å². The number of hydrogen-bond acceptors (Lipinski definition) is 5. The molecular formula is C25H25ClFN5O2. The second-order valence-electron chi connectivity index (χ2n) is 7.95. The molecule has 7 nitrogen and oxygen atoms in total. The van der Waals surface area contributed by atoms with Crippen LogP contribution in [0.2, 0.25) is 5.02 Å². The number of nitrogens with zero attached hydrogens (tertiary/aromatic N) is 3. The van der Waals surface area contributed by atoms with Crippen LogP contribution in [0.4, 0.5) is 15.8 Å². The second-order valence-corrected chi connectivity index (χ2v) is 8.39. The van der Waals surface area contributed by atoms with Gasteiger partial charge in [0.15, 0.2) is 0 Å². The standard InChI is InChI=1S/C25H25ClFN5O2/c26-19-6-3-7-20(15-19)30-25(34)24(33)29-17-23(18-5-4-10-28-16-18)32-13-11-31(12-14-32)22-9-2-1-8-21(22)27/h1-10,15-16,23H,11-14,17H2,(H,29,33)(H,30,34)/t23-/m0/s1. The monoisotopic (exact) mass is 481 g/mol. The van der Waals surface area contributed by atoms with E-state index in [1.54, 1.807) is 48.8 Å². The van der Waals surface area contributed by atoms with E-state index in [0.29, 0.717) is 42.6 Å². The molecule has 0 unspecified atom stereocenters. The third-order valence-electron chi connectivity index (χ3n) is 5.76. The summed E-state index contributed by atoms with van der Waals surface area (Å²) in [5.74, 6) is -1.74. The van der Waals surface area contributed by atoms with Crippen molar-refractivity contribution in [3.8, 4) is 0 Å². The van der Waals surface area contributed by atoms with E-state index >= 15 is 0 Å². The molecule has 1 aliphatic rings. The van der Waals surface area contributed by atoms with Crippen molar-refractivity contribution in [3.63, 3.8) is 0 Å². The van der Waals surface area contributed by atoms with Gasteiger partial charge in [0, 0.05) is 55.8 Å². The molecule has 34 heavy (non-hydrogen) atoms. The van der Waals surface area contributed by atoms with Gasteiger partial charge in [0.25, 0.3) is 0 Å². The van der Waals surface area contributed by atoms with Gasteiger partial charge in [-0.3, -0.25) is 19.5 Å². The summed E-state index contributed by atoms with van der Waals surface area (Å²) in [7, 11) is 0. The number of rotatable bonds is 6. The number of aromatic nitrogens is 1. The number of piperazine rings is 1. The minimum Gasteiger partial charge on any atom is -0.367 e. The summed E-state index contributed by atoms with van der Waals surface area (Å²) in [5, 5.41) is 5.75. The number of benzene rings is 2. The lowest BCUT2D eigenvalue weighted by Gasteiger charge is -2.40. The lowest BCUT2D eigenvalue weighted by molar-refractivity contribution is -0.136. The molecule has 0 bridgehead atoms. The predicted octanol–water partition coefficient (Wildman–Crippen LogP) is 3.49. The Morgan fingerprint density at radius 2 is 1.79 bits per heavy atom. The lowest BCUT2D eigenvalue weighted by Crippen LogP contribution is -2.50. The van der Waals surface area contributed by atoms with Gasteiger partial charge in [-0.15, -0.1) is 0 Å². The molecule has 176 valence electrons. The Labute approximate surface area is 202 Å². The maximum Gasteiger partial charge on any atom is 0.313 e. The highest BCUT2D eigenvalue weighted by Gasteiger charge is 2.27. The van der Waals surface area contributed by atoms with Crippen LogP contribution in [0, 0.1) is 5.82 Å². The topological polar surface area (TPSA) is 77.6 Å².